The Kier molecular flexibility index (Phi) is 2.44. The summed E-state index contributed by atoms with van der Waals surface area (Å²) in [5.41, 5.74) is 1.92. The van der Waals surface area contributed by atoms with Crippen molar-refractivity contribution in [2.24, 2.45) is 0 Å². The lowest BCUT2D eigenvalue weighted by Gasteiger charge is -2.36. The number of fused-ring (bicyclic) bond motifs is 1. The number of hydrogen-bond acceptors (Lipinski definition) is 2. The average Bonchev–Trinajstić information content (AvgIpc) is 2.81. The van der Waals surface area contributed by atoms with Crippen LogP contribution in [0, 0.1) is 0 Å². The molecule has 1 fully saturated rings. The number of piperidine rings is 1. The maximum absolute atomic E-state index is 11.6. The molecule has 1 atom stereocenters. The number of H-pyrrole nitrogens is 1. The van der Waals surface area contributed by atoms with Gasteiger partial charge in [-0.2, -0.15) is 0 Å². The Bertz CT molecular complexity index is 393. The third-order valence-corrected chi connectivity index (χ3v) is 3.64. The van der Waals surface area contributed by atoms with Crippen molar-refractivity contribution in [2.45, 2.75) is 25.3 Å². The Balaban J connectivity index is 1.87. The zero-order valence-corrected chi connectivity index (χ0v) is 9.33. The minimum atomic E-state index is 0.0597. The van der Waals surface area contributed by atoms with E-state index in [1.54, 1.807) is 0 Å². The molecule has 1 aromatic heterocycles. The van der Waals surface area contributed by atoms with Crippen molar-refractivity contribution in [3.8, 4) is 0 Å². The summed E-state index contributed by atoms with van der Waals surface area (Å²) < 4.78 is 0. The molecule has 1 unspecified atom stereocenters. The molecular weight excluding hydrogens is 202 g/mol. The van der Waals surface area contributed by atoms with Gasteiger partial charge in [0.1, 0.15) is 0 Å². The van der Waals surface area contributed by atoms with E-state index in [-0.39, 0.29) is 5.91 Å². The van der Waals surface area contributed by atoms with Crippen molar-refractivity contribution in [2.75, 3.05) is 19.6 Å². The summed E-state index contributed by atoms with van der Waals surface area (Å²) in [6.45, 7) is 3.05. The largest absolute Gasteiger partial charge is 0.363 e. The fraction of sp³-hybridized carbons (Fsp3) is 0.583. The lowest BCUT2D eigenvalue weighted by atomic mass is 10.0. The fourth-order valence-corrected chi connectivity index (χ4v) is 2.78. The van der Waals surface area contributed by atoms with E-state index in [2.05, 4.69) is 15.2 Å². The normalized spacial score (nSPS) is 26.2. The molecule has 0 saturated carbocycles. The zero-order valence-electron chi connectivity index (χ0n) is 9.33. The molecule has 0 aromatic carbocycles. The van der Waals surface area contributed by atoms with E-state index in [0.717, 1.165) is 30.9 Å². The lowest BCUT2D eigenvalue weighted by Crippen LogP contribution is -2.44. The maximum atomic E-state index is 11.6. The number of likely N-dealkylation sites (tertiary alicyclic amines) is 1. The molecule has 2 N–H and O–H groups in total. The fourth-order valence-electron chi connectivity index (χ4n) is 2.78. The van der Waals surface area contributed by atoms with Crippen molar-refractivity contribution in [1.29, 1.82) is 0 Å². The predicted octanol–water partition coefficient (Wildman–Crippen LogP) is 1.29. The van der Waals surface area contributed by atoms with Crippen LogP contribution >= 0.6 is 0 Å². The van der Waals surface area contributed by atoms with Crippen LogP contribution in [0.1, 0.15) is 41.4 Å². The minimum Gasteiger partial charge on any atom is -0.363 e. The second-order valence-electron chi connectivity index (χ2n) is 4.63. The van der Waals surface area contributed by atoms with Crippen LogP contribution in [0.3, 0.4) is 0 Å². The van der Waals surface area contributed by atoms with Crippen LogP contribution in [0.25, 0.3) is 0 Å². The van der Waals surface area contributed by atoms with Crippen LogP contribution < -0.4 is 5.32 Å². The molecule has 1 aromatic rings. The van der Waals surface area contributed by atoms with Crippen LogP contribution in [-0.2, 0) is 0 Å². The molecule has 2 aliphatic heterocycles. The molecule has 16 heavy (non-hydrogen) atoms. The summed E-state index contributed by atoms with van der Waals surface area (Å²) in [5.74, 6) is 0.0597. The number of rotatable bonds is 1. The van der Waals surface area contributed by atoms with Crippen LogP contribution in [0.4, 0.5) is 0 Å². The van der Waals surface area contributed by atoms with Gasteiger partial charge in [-0.3, -0.25) is 9.69 Å². The topological polar surface area (TPSA) is 48.1 Å². The Morgan fingerprint density at radius 3 is 2.88 bits per heavy atom. The first-order valence-corrected chi connectivity index (χ1v) is 6.06. The highest BCUT2D eigenvalue weighted by Gasteiger charge is 2.31. The molecule has 1 saturated heterocycles. The molecule has 4 heteroatoms. The van der Waals surface area contributed by atoms with Gasteiger partial charge in [0.25, 0.3) is 5.91 Å². The van der Waals surface area contributed by atoms with Crippen molar-refractivity contribution in [1.82, 2.24) is 15.2 Å². The van der Waals surface area contributed by atoms with Crippen molar-refractivity contribution in [3.05, 3.63) is 23.5 Å². The van der Waals surface area contributed by atoms with Gasteiger partial charge in [0.05, 0.1) is 11.6 Å². The third-order valence-electron chi connectivity index (χ3n) is 3.64. The monoisotopic (exact) mass is 219 g/mol. The summed E-state index contributed by atoms with van der Waals surface area (Å²) in [5, 5.41) is 2.97. The Hall–Kier alpha value is -1.29. The number of amides is 1. The van der Waals surface area contributed by atoms with Gasteiger partial charge < -0.3 is 10.3 Å². The highest BCUT2D eigenvalue weighted by Crippen LogP contribution is 2.28. The molecule has 0 spiro atoms. The van der Waals surface area contributed by atoms with E-state index in [1.165, 1.54) is 19.3 Å². The molecule has 1 amide bonds. The molecule has 86 valence electrons. The van der Waals surface area contributed by atoms with Crippen LogP contribution in [0.15, 0.2) is 12.3 Å². The number of carbonyl (C=O) groups is 1. The molecular formula is C12H17N3O. The molecule has 0 aliphatic carbocycles. The van der Waals surface area contributed by atoms with Gasteiger partial charge in [-0.05, 0) is 32.0 Å². The quantitative estimate of drug-likeness (QED) is 0.747. The molecule has 3 heterocycles. The van der Waals surface area contributed by atoms with Gasteiger partial charge in [0, 0.05) is 18.4 Å². The lowest BCUT2D eigenvalue weighted by molar-refractivity contribution is 0.0888. The van der Waals surface area contributed by atoms with Gasteiger partial charge in [-0.1, -0.05) is 6.42 Å². The van der Waals surface area contributed by atoms with Crippen LogP contribution in [-0.4, -0.2) is 35.4 Å². The van der Waals surface area contributed by atoms with Crippen molar-refractivity contribution >= 4 is 5.91 Å². The number of nitrogens with one attached hydrogen (secondary N) is 2. The summed E-state index contributed by atoms with van der Waals surface area (Å²) >= 11 is 0. The Morgan fingerprint density at radius 2 is 2.06 bits per heavy atom. The predicted molar refractivity (Wildman–Crippen MR) is 61.3 cm³/mol. The number of aromatic nitrogens is 1. The first-order valence-electron chi connectivity index (χ1n) is 6.06. The van der Waals surface area contributed by atoms with Crippen molar-refractivity contribution < 1.29 is 4.79 Å². The molecule has 2 aliphatic rings. The number of carbonyl (C=O) groups excluding carboxylic acids is 1. The second-order valence-corrected chi connectivity index (χ2v) is 4.63. The van der Waals surface area contributed by atoms with Gasteiger partial charge in [-0.15, -0.1) is 0 Å². The van der Waals surface area contributed by atoms with E-state index in [1.807, 2.05) is 12.3 Å². The first kappa shape index (κ1) is 9.90. The summed E-state index contributed by atoms with van der Waals surface area (Å²) in [4.78, 5) is 17.3. The van der Waals surface area contributed by atoms with Crippen molar-refractivity contribution in [3.63, 3.8) is 0 Å². The summed E-state index contributed by atoms with van der Waals surface area (Å²) in [7, 11) is 0. The highest BCUT2D eigenvalue weighted by molar-refractivity contribution is 5.96. The SMILES string of the molecule is O=C1NCC(N2CCCCC2)c2[nH]ccc21. The average molecular weight is 219 g/mol. The smallest absolute Gasteiger partial charge is 0.253 e. The molecule has 0 bridgehead atoms. The molecule has 3 rings (SSSR count). The number of hydrogen-bond donors (Lipinski definition) is 2. The maximum Gasteiger partial charge on any atom is 0.253 e. The van der Waals surface area contributed by atoms with Gasteiger partial charge >= 0.3 is 0 Å². The highest BCUT2D eigenvalue weighted by atomic mass is 16.1. The zero-order chi connectivity index (χ0) is 11.0. The number of nitrogens with zero attached hydrogens (tertiary/aromatic N) is 1. The Labute approximate surface area is 95.0 Å². The van der Waals surface area contributed by atoms with Gasteiger partial charge in [-0.25, -0.2) is 0 Å². The van der Waals surface area contributed by atoms with E-state index in [4.69, 9.17) is 0 Å². The summed E-state index contributed by atoms with van der Waals surface area (Å²) in [6, 6.07) is 2.23. The second kappa shape index (κ2) is 3.94. The van der Waals surface area contributed by atoms with Crippen LogP contribution in [0.5, 0.6) is 0 Å². The standard InChI is InChI=1S/C12H17N3O/c16-12-9-4-5-13-11(9)10(8-14-12)15-6-2-1-3-7-15/h4-5,10,13H,1-3,6-8H2,(H,14,16). The van der Waals surface area contributed by atoms with E-state index < -0.39 is 0 Å². The Morgan fingerprint density at radius 1 is 1.25 bits per heavy atom. The minimum absolute atomic E-state index is 0.0597. The van der Waals surface area contributed by atoms with E-state index >= 15 is 0 Å². The van der Waals surface area contributed by atoms with E-state index in [0.29, 0.717) is 6.04 Å². The first-order chi connectivity index (χ1) is 7.86. The molecule has 0 radical (unpaired) electrons. The number of aromatic amines is 1. The van der Waals surface area contributed by atoms with Gasteiger partial charge in [0.15, 0.2) is 0 Å². The summed E-state index contributed by atoms with van der Waals surface area (Å²) in [6.07, 6.45) is 5.76. The third kappa shape index (κ3) is 1.53. The van der Waals surface area contributed by atoms with Gasteiger partial charge in [0.2, 0.25) is 0 Å². The molecule has 4 nitrogen and oxygen atoms in total. The van der Waals surface area contributed by atoms with E-state index in [9.17, 15) is 4.79 Å². The van der Waals surface area contributed by atoms with Crippen LogP contribution in [0.2, 0.25) is 0 Å².